The number of rotatable bonds is 4. The van der Waals surface area contributed by atoms with Crippen molar-refractivity contribution >= 4 is 17.7 Å². The van der Waals surface area contributed by atoms with Crippen molar-refractivity contribution in [3.05, 3.63) is 12.2 Å². The standard InChI is InChI=1S/C16H20O5/c1-8(2)16(19)20-7-13(17)21-15-11-4-9-3-10(6-11)14(18)12(15)5-9/h9-12,15H,1,3-7H2,2H3. The molecule has 21 heavy (non-hydrogen) atoms. The number of hydrogen-bond acceptors (Lipinski definition) is 5. The van der Waals surface area contributed by atoms with E-state index in [1.165, 1.54) is 6.92 Å². The first kappa shape index (κ1) is 14.3. The smallest absolute Gasteiger partial charge is 0.344 e. The van der Waals surface area contributed by atoms with Gasteiger partial charge in [0.15, 0.2) is 6.61 Å². The summed E-state index contributed by atoms with van der Waals surface area (Å²) in [6.45, 7) is 4.55. The molecule has 5 nitrogen and oxygen atoms in total. The van der Waals surface area contributed by atoms with Crippen LogP contribution in [-0.4, -0.2) is 30.4 Å². The van der Waals surface area contributed by atoms with Crippen LogP contribution < -0.4 is 0 Å². The highest BCUT2D eigenvalue weighted by molar-refractivity contribution is 5.89. The molecule has 0 aromatic rings. The molecule has 4 fully saturated rings. The van der Waals surface area contributed by atoms with Crippen LogP contribution in [0.5, 0.6) is 0 Å². The highest BCUT2D eigenvalue weighted by Crippen LogP contribution is 2.52. The van der Waals surface area contributed by atoms with Crippen LogP contribution in [0, 0.1) is 23.7 Å². The van der Waals surface area contributed by atoms with Crippen LogP contribution in [0.1, 0.15) is 32.6 Å². The van der Waals surface area contributed by atoms with Gasteiger partial charge in [0.2, 0.25) is 0 Å². The molecule has 0 aromatic heterocycles. The zero-order valence-electron chi connectivity index (χ0n) is 12.2. The third-order valence-corrected chi connectivity index (χ3v) is 4.99. The molecule has 4 saturated carbocycles. The van der Waals surface area contributed by atoms with Crippen molar-refractivity contribution in [2.75, 3.05) is 6.61 Å². The van der Waals surface area contributed by atoms with Crippen molar-refractivity contribution < 1.29 is 23.9 Å². The van der Waals surface area contributed by atoms with Gasteiger partial charge in [0.05, 0.1) is 5.92 Å². The van der Waals surface area contributed by atoms with E-state index >= 15 is 0 Å². The Bertz CT molecular complexity index is 509. The number of carbonyl (C=O) groups excluding carboxylic acids is 3. The number of carbonyl (C=O) groups is 3. The monoisotopic (exact) mass is 292 g/mol. The zero-order chi connectivity index (χ0) is 15.1. The van der Waals surface area contributed by atoms with E-state index in [0.29, 0.717) is 11.8 Å². The van der Waals surface area contributed by atoms with Gasteiger partial charge in [0, 0.05) is 11.5 Å². The highest BCUT2D eigenvalue weighted by Gasteiger charge is 2.54. The van der Waals surface area contributed by atoms with Crippen molar-refractivity contribution in [2.45, 2.75) is 38.7 Å². The van der Waals surface area contributed by atoms with Gasteiger partial charge in [-0.15, -0.1) is 0 Å². The molecule has 0 saturated heterocycles. The Balaban J connectivity index is 1.58. The number of esters is 2. The first-order valence-electron chi connectivity index (χ1n) is 7.51. The first-order valence-corrected chi connectivity index (χ1v) is 7.51. The van der Waals surface area contributed by atoms with Crippen molar-refractivity contribution in [2.24, 2.45) is 23.7 Å². The van der Waals surface area contributed by atoms with Crippen LogP contribution in [-0.2, 0) is 23.9 Å². The van der Waals surface area contributed by atoms with E-state index in [-0.39, 0.29) is 29.3 Å². The minimum absolute atomic E-state index is 0.137. The Hall–Kier alpha value is -1.65. The summed E-state index contributed by atoms with van der Waals surface area (Å²) in [7, 11) is 0. The molecule has 0 heterocycles. The normalized spacial score (nSPS) is 36.4. The predicted molar refractivity (Wildman–Crippen MR) is 73.1 cm³/mol. The summed E-state index contributed by atoms with van der Waals surface area (Å²) in [4.78, 5) is 35.3. The average molecular weight is 292 g/mol. The molecular weight excluding hydrogens is 272 g/mol. The Kier molecular flexibility index (Phi) is 3.59. The number of ether oxygens (including phenoxy) is 2. The molecule has 4 rings (SSSR count). The van der Waals surface area contributed by atoms with Crippen LogP contribution in [0.15, 0.2) is 12.2 Å². The Labute approximate surface area is 123 Å². The van der Waals surface area contributed by atoms with E-state index < -0.39 is 18.5 Å². The van der Waals surface area contributed by atoms with Gasteiger partial charge in [-0.25, -0.2) is 9.59 Å². The number of ketones is 1. The number of Topliss-reactive ketones (excluding diaryl/α,β-unsaturated/α-hetero) is 1. The van der Waals surface area contributed by atoms with Gasteiger partial charge >= 0.3 is 11.9 Å². The fraction of sp³-hybridized carbons (Fsp3) is 0.688. The second-order valence-electron chi connectivity index (χ2n) is 6.59. The molecule has 0 amide bonds. The third-order valence-electron chi connectivity index (χ3n) is 4.99. The van der Waals surface area contributed by atoms with Gasteiger partial charge in [0.1, 0.15) is 11.9 Å². The minimum atomic E-state index is -0.604. The summed E-state index contributed by atoms with van der Waals surface area (Å²) in [5, 5.41) is 0. The fourth-order valence-corrected chi connectivity index (χ4v) is 4.19. The molecule has 4 aliphatic carbocycles. The van der Waals surface area contributed by atoms with Gasteiger partial charge in [-0.1, -0.05) is 6.58 Å². The molecule has 0 radical (unpaired) electrons. The Morgan fingerprint density at radius 2 is 2.00 bits per heavy atom. The van der Waals surface area contributed by atoms with Crippen molar-refractivity contribution in [1.82, 2.24) is 0 Å². The maximum absolute atomic E-state index is 12.2. The van der Waals surface area contributed by atoms with E-state index in [4.69, 9.17) is 9.47 Å². The van der Waals surface area contributed by atoms with Crippen LogP contribution in [0.4, 0.5) is 0 Å². The Morgan fingerprint density at radius 3 is 2.71 bits per heavy atom. The van der Waals surface area contributed by atoms with E-state index in [0.717, 1.165) is 25.7 Å². The van der Waals surface area contributed by atoms with Crippen molar-refractivity contribution in [1.29, 1.82) is 0 Å². The van der Waals surface area contributed by atoms with Gasteiger partial charge in [0.25, 0.3) is 0 Å². The van der Waals surface area contributed by atoms with Gasteiger partial charge in [-0.2, -0.15) is 0 Å². The third kappa shape index (κ3) is 2.61. The quantitative estimate of drug-likeness (QED) is 0.582. The van der Waals surface area contributed by atoms with E-state index in [1.54, 1.807) is 0 Å². The van der Waals surface area contributed by atoms with Gasteiger partial charge in [-0.05, 0) is 44.4 Å². The lowest BCUT2D eigenvalue weighted by Crippen LogP contribution is -2.55. The fourth-order valence-electron chi connectivity index (χ4n) is 4.19. The van der Waals surface area contributed by atoms with Crippen molar-refractivity contribution in [3.8, 4) is 0 Å². The molecule has 4 aliphatic rings. The van der Waals surface area contributed by atoms with E-state index in [9.17, 15) is 14.4 Å². The molecular formula is C16H20O5. The molecule has 0 spiro atoms. The largest absolute Gasteiger partial charge is 0.459 e. The molecule has 0 N–H and O–H groups in total. The second kappa shape index (κ2) is 5.28. The molecule has 0 aromatic carbocycles. The van der Waals surface area contributed by atoms with Crippen LogP contribution in [0.3, 0.4) is 0 Å². The predicted octanol–water partition coefficient (Wildman–Crippen LogP) is 1.65. The highest BCUT2D eigenvalue weighted by atomic mass is 16.6. The summed E-state index contributed by atoms with van der Waals surface area (Å²) >= 11 is 0. The minimum Gasteiger partial charge on any atom is -0.459 e. The summed E-state index contributed by atoms with van der Waals surface area (Å²) in [6.07, 6.45) is 3.43. The Morgan fingerprint density at radius 1 is 1.24 bits per heavy atom. The van der Waals surface area contributed by atoms with Crippen molar-refractivity contribution in [3.63, 3.8) is 0 Å². The van der Waals surface area contributed by atoms with Crippen LogP contribution in [0.25, 0.3) is 0 Å². The van der Waals surface area contributed by atoms with Crippen LogP contribution in [0.2, 0.25) is 0 Å². The molecule has 4 bridgehead atoms. The molecule has 5 unspecified atom stereocenters. The molecule has 5 atom stereocenters. The van der Waals surface area contributed by atoms with Gasteiger partial charge in [-0.3, -0.25) is 4.79 Å². The van der Waals surface area contributed by atoms with E-state index in [2.05, 4.69) is 6.58 Å². The summed E-state index contributed by atoms with van der Waals surface area (Å²) in [5.74, 6) is 0.0475. The summed E-state index contributed by atoms with van der Waals surface area (Å²) in [5.41, 5.74) is 0.243. The molecule has 114 valence electrons. The second-order valence-corrected chi connectivity index (χ2v) is 6.59. The maximum Gasteiger partial charge on any atom is 0.344 e. The van der Waals surface area contributed by atoms with E-state index in [1.807, 2.05) is 0 Å². The van der Waals surface area contributed by atoms with Crippen LogP contribution >= 0.6 is 0 Å². The SMILES string of the molecule is C=C(C)C(=O)OCC(=O)OC1C2CC3CC(C2)C(=O)C1C3. The summed E-state index contributed by atoms with van der Waals surface area (Å²) < 4.78 is 10.2. The lowest BCUT2D eigenvalue weighted by molar-refractivity contribution is -0.180. The lowest BCUT2D eigenvalue weighted by atomic mass is 9.54. The summed E-state index contributed by atoms with van der Waals surface area (Å²) in [6, 6.07) is 0. The molecule has 5 heteroatoms. The molecule has 0 aliphatic heterocycles. The lowest BCUT2D eigenvalue weighted by Gasteiger charge is -2.52. The zero-order valence-corrected chi connectivity index (χ0v) is 12.2. The average Bonchev–Trinajstić information content (AvgIpc) is 2.44. The maximum atomic E-state index is 12.2. The topological polar surface area (TPSA) is 69.7 Å². The number of hydrogen-bond donors (Lipinski definition) is 0. The van der Waals surface area contributed by atoms with Gasteiger partial charge < -0.3 is 9.47 Å². The first-order chi connectivity index (χ1) is 9.95.